The topological polar surface area (TPSA) is 73.7 Å². The Bertz CT molecular complexity index is 1000. The van der Waals surface area contributed by atoms with Gasteiger partial charge in [0.2, 0.25) is 0 Å². The number of hydrogen-bond donors (Lipinski definition) is 0. The molecule has 2 aromatic carbocycles. The van der Waals surface area contributed by atoms with Crippen LogP contribution >= 0.6 is 0 Å². The first-order valence-electron chi connectivity index (χ1n) is 9.39. The van der Waals surface area contributed by atoms with Gasteiger partial charge in [0, 0.05) is 19.3 Å². The highest BCUT2D eigenvalue weighted by atomic mass is 19.1. The molecule has 1 aromatic heterocycles. The quantitative estimate of drug-likeness (QED) is 0.532. The Kier molecular flexibility index (Phi) is 6.79. The maximum atomic E-state index is 13.1. The Morgan fingerprint density at radius 1 is 1.10 bits per heavy atom. The van der Waals surface area contributed by atoms with E-state index in [1.807, 2.05) is 31.2 Å². The molecule has 156 valence electrons. The molecule has 0 N–H and O–H groups in total. The van der Waals surface area contributed by atoms with Gasteiger partial charge in [-0.25, -0.2) is 14.2 Å². The molecule has 0 spiro atoms. The molecule has 0 radical (unpaired) electrons. The Labute approximate surface area is 173 Å². The van der Waals surface area contributed by atoms with Crippen molar-refractivity contribution in [3.05, 3.63) is 78.1 Å². The standard InChI is InChI=1S/C22H22FN3O4/c1-3-29-19-10-4-16(5-11-19)13-25(2)21(27)14-30-22(28)20-12-24-15-26(20)18-8-6-17(23)7-9-18/h4-12,15H,3,13-14H2,1-2H3. The van der Waals surface area contributed by atoms with Crippen molar-refractivity contribution in [1.29, 1.82) is 0 Å². The maximum Gasteiger partial charge on any atom is 0.357 e. The van der Waals surface area contributed by atoms with Crippen molar-refractivity contribution in [1.82, 2.24) is 14.5 Å². The molecule has 0 atom stereocenters. The average Bonchev–Trinajstić information content (AvgIpc) is 3.24. The lowest BCUT2D eigenvalue weighted by Crippen LogP contribution is -2.31. The fourth-order valence-electron chi connectivity index (χ4n) is 2.78. The van der Waals surface area contributed by atoms with Crippen LogP contribution in [0, 0.1) is 5.82 Å². The largest absolute Gasteiger partial charge is 0.494 e. The number of hydrogen-bond acceptors (Lipinski definition) is 5. The summed E-state index contributed by atoms with van der Waals surface area (Å²) in [5.74, 6) is -0.657. The number of imidazole rings is 1. The lowest BCUT2D eigenvalue weighted by atomic mass is 10.2. The summed E-state index contributed by atoms with van der Waals surface area (Å²) in [7, 11) is 1.63. The third-order valence-electron chi connectivity index (χ3n) is 4.36. The number of likely N-dealkylation sites (N-methyl/N-ethyl adjacent to an activating group) is 1. The van der Waals surface area contributed by atoms with Crippen LogP contribution in [-0.4, -0.2) is 46.6 Å². The van der Waals surface area contributed by atoms with E-state index in [1.165, 1.54) is 46.3 Å². The van der Waals surface area contributed by atoms with E-state index in [1.54, 1.807) is 7.05 Å². The fraction of sp³-hybridized carbons (Fsp3) is 0.227. The minimum atomic E-state index is -0.695. The van der Waals surface area contributed by atoms with Crippen LogP contribution in [0.25, 0.3) is 5.69 Å². The summed E-state index contributed by atoms with van der Waals surface area (Å²) in [6, 6.07) is 13.0. The zero-order valence-corrected chi connectivity index (χ0v) is 16.7. The SMILES string of the molecule is CCOc1ccc(CN(C)C(=O)COC(=O)c2cncn2-c2ccc(F)cc2)cc1. The second-order valence-electron chi connectivity index (χ2n) is 6.53. The van der Waals surface area contributed by atoms with Gasteiger partial charge in [-0.05, 0) is 48.9 Å². The monoisotopic (exact) mass is 411 g/mol. The van der Waals surface area contributed by atoms with Gasteiger partial charge in [0.05, 0.1) is 19.1 Å². The van der Waals surface area contributed by atoms with Gasteiger partial charge >= 0.3 is 5.97 Å². The molecule has 30 heavy (non-hydrogen) atoms. The van der Waals surface area contributed by atoms with Crippen LogP contribution in [-0.2, 0) is 16.1 Å². The van der Waals surface area contributed by atoms with E-state index in [-0.39, 0.29) is 17.4 Å². The van der Waals surface area contributed by atoms with Crippen molar-refractivity contribution in [3.8, 4) is 11.4 Å². The third kappa shape index (κ3) is 5.22. The zero-order valence-electron chi connectivity index (χ0n) is 16.7. The molecule has 0 saturated carbocycles. The molecule has 7 nitrogen and oxygen atoms in total. The summed E-state index contributed by atoms with van der Waals surface area (Å²) < 4.78 is 25.1. The van der Waals surface area contributed by atoms with Crippen LogP contribution in [0.3, 0.4) is 0 Å². The summed E-state index contributed by atoms with van der Waals surface area (Å²) in [6.07, 6.45) is 2.75. The van der Waals surface area contributed by atoms with E-state index in [0.29, 0.717) is 18.8 Å². The molecule has 8 heteroatoms. The van der Waals surface area contributed by atoms with Crippen LogP contribution < -0.4 is 4.74 Å². The van der Waals surface area contributed by atoms with Crippen molar-refractivity contribution in [2.24, 2.45) is 0 Å². The number of ether oxygens (including phenoxy) is 2. The van der Waals surface area contributed by atoms with Gasteiger partial charge in [-0.3, -0.25) is 9.36 Å². The number of carbonyl (C=O) groups is 2. The van der Waals surface area contributed by atoms with Crippen LogP contribution in [0.2, 0.25) is 0 Å². The minimum Gasteiger partial charge on any atom is -0.494 e. The maximum absolute atomic E-state index is 13.1. The van der Waals surface area contributed by atoms with Crippen LogP contribution in [0.15, 0.2) is 61.1 Å². The number of amides is 1. The van der Waals surface area contributed by atoms with Crippen LogP contribution in [0.4, 0.5) is 4.39 Å². The number of esters is 1. The van der Waals surface area contributed by atoms with Gasteiger partial charge in [-0.15, -0.1) is 0 Å². The van der Waals surface area contributed by atoms with Crippen molar-refractivity contribution in [3.63, 3.8) is 0 Å². The Balaban J connectivity index is 1.56. The molecule has 0 aliphatic heterocycles. The van der Waals surface area contributed by atoms with E-state index in [2.05, 4.69) is 4.98 Å². The molecule has 0 saturated heterocycles. The number of rotatable bonds is 8. The third-order valence-corrected chi connectivity index (χ3v) is 4.36. The highest BCUT2D eigenvalue weighted by Crippen LogP contribution is 2.15. The Hall–Kier alpha value is -3.68. The first-order chi connectivity index (χ1) is 14.5. The molecular weight excluding hydrogens is 389 g/mol. The lowest BCUT2D eigenvalue weighted by Gasteiger charge is -2.17. The van der Waals surface area contributed by atoms with Crippen molar-refractivity contribution in [2.75, 3.05) is 20.3 Å². The Morgan fingerprint density at radius 3 is 2.47 bits per heavy atom. The van der Waals surface area contributed by atoms with E-state index in [0.717, 1.165) is 11.3 Å². The first-order valence-corrected chi connectivity index (χ1v) is 9.39. The van der Waals surface area contributed by atoms with Gasteiger partial charge in [-0.2, -0.15) is 0 Å². The summed E-state index contributed by atoms with van der Waals surface area (Å²) in [5, 5.41) is 0. The predicted octanol–water partition coefficient (Wildman–Crippen LogP) is 3.23. The molecular formula is C22H22FN3O4. The van der Waals surface area contributed by atoms with E-state index < -0.39 is 12.6 Å². The molecule has 0 bridgehead atoms. The molecule has 0 fully saturated rings. The molecule has 0 unspecified atom stereocenters. The van der Waals surface area contributed by atoms with E-state index in [4.69, 9.17) is 9.47 Å². The minimum absolute atomic E-state index is 0.142. The highest BCUT2D eigenvalue weighted by molar-refractivity contribution is 5.90. The molecule has 0 aliphatic rings. The van der Waals surface area contributed by atoms with E-state index in [9.17, 15) is 14.0 Å². The van der Waals surface area contributed by atoms with Gasteiger partial charge < -0.3 is 14.4 Å². The predicted molar refractivity (Wildman–Crippen MR) is 108 cm³/mol. The van der Waals surface area contributed by atoms with E-state index >= 15 is 0 Å². The van der Waals surface area contributed by atoms with Gasteiger partial charge in [0.25, 0.3) is 5.91 Å². The summed E-state index contributed by atoms with van der Waals surface area (Å²) in [4.78, 5) is 30.2. The molecule has 3 aromatic rings. The molecule has 0 aliphatic carbocycles. The highest BCUT2D eigenvalue weighted by Gasteiger charge is 2.18. The fourth-order valence-corrected chi connectivity index (χ4v) is 2.78. The van der Waals surface area contributed by atoms with Gasteiger partial charge in [0.15, 0.2) is 12.3 Å². The van der Waals surface area contributed by atoms with Crippen LogP contribution in [0.5, 0.6) is 5.75 Å². The van der Waals surface area contributed by atoms with Gasteiger partial charge in [-0.1, -0.05) is 12.1 Å². The number of nitrogens with zero attached hydrogens (tertiary/aromatic N) is 3. The average molecular weight is 411 g/mol. The van der Waals surface area contributed by atoms with Gasteiger partial charge in [0.1, 0.15) is 11.6 Å². The lowest BCUT2D eigenvalue weighted by molar-refractivity contribution is -0.133. The first kappa shape index (κ1) is 21.0. The Morgan fingerprint density at radius 2 is 1.80 bits per heavy atom. The van der Waals surface area contributed by atoms with Crippen LogP contribution in [0.1, 0.15) is 23.0 Å². The summed E-state index contributed by atoms with van der Waals surface area (Å²) in [5.41, 5.74) is 1.62. The number of halogens is 1. The second-order valence-corrected chi connectivity index (χ2v) is 6.53. The normalized spacial score (nSPS) is 10.5. The smallest absolute Gasteiger partial charge is 0.357 e. The zero-order chi connectivity index (χ0) is 21.5. The summed E-state index contributed by atoms with van der Waals surface area (Å²) >= 11 is 0. The number of benzene rings is 2. The van der Waals surface area contributed by atoms with Crippen molar-refractivity contribution >= 4 is 11.9 Å². The number of carbonyl (C=O) groups excluding carboxylic acids is 2. The van der Waals surface area contributed by atoms with Crippen molar-refractivity contribution in [2.45, 2.75) is 13.5 Å². The number of aromatic nitrogens is 2. The molecule has 3 rings (SSSR count). The molecule has 1 amide bonds. The second kappa shape index (κ2) is 9.69. The van der Waals surface area contributed by atoms with Crippen molar-refractivity contribution < 1.29 is 23.5 Å². The summed E-state index contributed by atoms with van der Waals surface area (Å²) in [6.45, 7) is 2.47. The molecule has 1 heterocycles.